The van der Waals surface area contributed by atoms with Gasteiger partial charge in [-0.15, -0.1) is 0 Å². The van der Waals surface area contributed by atoms with Gasteiger partial charge in [0, 0.05) is 7.11 Å². The highest BCUT2D eigenvalue weighted by Gasteiger charge is 2.37. The van der Waals surface area contributed by atoms with Crippen molar-refractivity contribution in [2.24, 2.45) is 5.41 Å². The van der Waals surface area contributed by atoms with E-state index in [1.807, 2.05) is 0 Å². The minimum absolute atomic E-state index is 0.270. The second-order valence-corrected chi connectivity index (χ2v) is 3.04. The van der Waals surface area contributed by atoms with Crippen LogP contribution in [0.2, 0.25) is 0 Å². The summed E-state index contributed by atoms with van der Waals surface area (Å²) in [5.41, 5.74) is -0.270. The third kappa shape index (κ3) is 2.27. The van der Waals surface area contributed by atoms with Gasteiger partial charge in [-0.1, -0.05) is 0 Å². The summed E-state index contributed by atoms with van der Waals surface area (Å²) in [7, 11) is 1.57. The molecular formula is C8H14O4. The van der Waals surface area contributed by atoms with Gasteiger partial charge in [0.15, 0.2) is 0 Å². The molecule has 1 aliphatic heterocycles. The molecule has 0 saturated carbocycles. The molecule has 70 valence electrons. The molecule has 0 radical (unpaired) electrons. The number of methoxy groups -OCH3 is 1. The van der Waals surface area contributed by atoms with Crippen LogP contribution in [0, 0.1) is 5.41 Å². The van der Waals surface area contributed by atoms with Gasteiger partial charge in [0.2, 0.25) is 0 Å². The minimum Gasteiger partial charge on any atom is -0.379 e. The first-order chi connectivity index (χ1) is 5.83. The van der Waals surface area contributed by atoms with E-state index in [0.29, 0.717) is 19.8 Å². The monoisotopic (exact) mass is 174 g/mol. The van der Waals surface area contributed by atoms with Gasteiger partial charge >= 0.3 is 0 Å². The van der Waals surface area contributed by atoms with Gasteiger partial charge in [-0.3, -0.25) is 0 Å². The van der Waals surface area contributed by atoms with E-state index in [4.69, 9.17) is 14.2 Å². The highest BCUT2D eigenvalue weighted by molar-refractivity contribution is 5.61. The SMILES string of the molecule is COCOCCC1(C=O)COC1. The van der Waals surface area contributed by atoms with Crippen molar-refractivity contribution in [2.45, 2.75) is 6.42 Å². The number of carbonyl (C=O) groups is 1. The fraction of sp³-hybridized carbons (Fsp3) is 0.875. The van der Waals surface area contributed by atoms with Gasteiger partial charge in [0.25, 0.3) is 0 Å². The number of hydrogen-bond acceptors (Lipinski definition) is 4. The van der Waals surface area contributed by atoms with Crippen LogP contribution in [0.3, 0.4) is 0 Å². The third-order valence-corrected chi connectivity index (χ3v) is 1.97. The molecule has 0 N–H and O–H groups in total. The van der Waals surface area contributed by atoms with E-state index in [1.54, 1.807) is 7.11 Å². The maximum absolute atomic E-state index is 10.6. The summed E-state index contributed by atoms with van der Waals surface area (Å²) < 4.78 is 14.7. The summed E-state index contributed by atoms with van der Waals surface area (Å²) in [5, 5.41) is 0. The van der Waals surface area contributed by atoms with Crippen LogP contribution in [-0.2, 0) is 19.0 Å². The molecule has 4 nitrogen and oxygen atoms in total. The average molecular weight is 174 g/mol. The number of hydrogen-bond donors (Lipinski definition) is 0. The lowest BCUT2D eigenvalue weighted by atomic mass is 9.85. The van der Waals surface area contributed by atoms with Crippen molar-refractivity contribution in [3.05, 3.63) is 0 Å². The molecular weight excluding hydrogens is 160 g/mol. The van der Waals surface area contributed by atoms with Crippen molar-refractivity contribution in [2.75, 3.05) is 33.7 Å². The van der Waals surface area contributed by atoms with Crippen molar-refractivity contribution in [1.29, 1.82) is 0 Å². The van der Waals surface area contributed by atoms with E-state index in [2.05, 4.69) is 0 Å². The molecule has 0 aromatic carbocycles. The zero-order chi connectivity index (χ0) is 8.86. The molecule has 1 aliphatic rings. The van der Waals surface area contributed by atoms with Crippen LogP contribution in [0.4, 0.5) is 0 Å². The minimum atomic E-state index is -0.270. The van der Waals surface area contributed by atoms with E-state index >= 15 is 0 Å². The van der Waals surface area contributed by atoms with Crippen LogP contribution in [0.1, 0.15) is 6.42 Å². The average Bonchev–Trinajstić information content (AvgIpc) is 2.02. The topological polar surface area (TPSA) is 44.8 Å². The summed E-state index contributed by atoms with van der Waals surface area (Å²) in [6.45, 7) is 1.91. The van der Waals surface area contributed by atoms with Crippen molar-refractivity contribution in [3.63, 3.8) is 0 Å². The van der Waals surface area contributed by atoms with Crippen molar-refractivity contribution in [1.82, 2.24) is 0 Å². The molecule has 1 saturated heterocycles. The smallest absolute Gasteiger partial charge is 0.146 e. The van der Waals surface area contributed by atoms with Crippen LogP contribution >= 0.6 is 0 Å². The molecule has 0 spiro atoms. The van der Waals surface area contributed by atoms with Gasteiger partial charge in [-0.25, -0.2) is 0 Å². The van der Waals surface area contributed by atoms with Crippen LogP contribution in [0.5, 0.6) is 0 Å². The first-order valence-corrected chi connectivity index (χ1v) is 3.94. The van der Waals surface area contributed by atoms with Gasteiger partial charge in [-0.2, -0.15) is 0 Å². The Hall–Kier alpha value is -0.450. The Kier molecular flexibility index (Phi) is 3.65. The van der Waals surface area contributed by atoms with Crippen LogP contribution < -0.4 is 0 Å². The molecule has 4 heteroatoms. The molecule has 0 aromatic rings. The molecule has 0 bridgehead atoms. The lowest BCUT2D eigenvalue weighted by Gasteiger charge is -2.36. The molecule has 0 amide bonds. The van der Waals surface area contributed by atoms with Crippen molar-refractivity contribution in [3.8, 4) is 0 Å². The Morgan fingerprint density at radius 1 is 1.58 bits per heavy atom. The van der Waals surface area contributed by atoms with Crippen molar-refractivity contribution < 1.29 is 19.0 Å². The molecule has 1 heterocycles. The summed E-state index contributed by atoms with van der Waals surface area (Å²) in [4.78, 5) is 10.6. The van der Waals surface area contributed by atoms with Crippen LogP contribution in [-0.4, -0.2) is 40.0 Å². The largest absolute Gasteiger partial charge is 0.379 e. The Bertz CT molecular complexity index is 142. The highest BCUT2D eigenvalue weighted by atomic mass is 16.7. The number of aldehydes is 1. The lowest BCUT2D eigenvalue weighted by Crippen LogP contribution is -2.44. The van der Waals surface area contributed by atoms with E-state index in [0.717, 1.165) is 12.7 Å². The Labute approximate surface area is 71.8 Å². The molecule has 0 atom stereocenters. The standard InChI is InChI=1S/C8H14O4/c1-10-7-11-3-2-8(4-9)5-12-6-8/h4H,2-3,5-7H2,1H3. The summed E-state index contributed by atoms with van der Waals surface area (Å²) >= 11 is 0. The normalized spacial score (nSPS) is 20.1. The quantitative estimate of drug-likeness (QED) is 0.328. The Morgan fingerprint density at radius 3 is 2.75 bits per heavy atom. The molecule has 12 heavy (non-hydrogen) atoms. The molecule has 0 aliphatic carbocycles. The second kappa shape index (κ2) is 4.54. The van der Waals surface area contributed by atoms with Gasteiger partial charge < -0.3 is 19.0 Å². The maximum atomic E-state index is 10.6. The number of carbonyl (C=O) groups excluding carboxylic acids is 1. The van der Waals surface area contributed by atoms with Crippen molar-refractivity contribution >= 4 is 6.29 Å². The highest BCUT2D eigenvalue weighted by Crippen LogP contribution is 2.28. The lowest BCUT2D eigenvalue weighted by molar-refractivity contribution is -0.153. The summed E-state index contributed by atoms with van der Waals surface area (Å²) in [5.74, 6) is 0. The zero-order valence-electron chi connectivity index (χ0n) is 7.25. The first-order valence-electron chi connectivity index (χ1n) is 3.94. The second-order valence-electron chi connectivity index (χ2n) is 3.04. The molecule has 0 aromatic heterocycles. The fourth-order valence-corrected chi connectivity index (χ4v) is 1.05. The van der Waals surface area contributed by atoms with E-state index in [9.17, 15) is 4.79 Å². The maximum Gasteiger partial charge on any atom is 0.146 e. The number of rotatable bonds is 6. The molecule has 0 unspecified atom stereocenters. The van der Waals surface area contributed by atoms with Gasteiger partial charge in [0.05, 0.1) is 25.2 Å². The third-order valence-electron chi connectivity index (χ3n) is 1.97. The van der Waals surface area contributed by atoms with Gasteiger partial charge in [0.1, 0.15) is 13.1 Å². The summed E-state index contributed by atoms with van der Waals surface area (Å²) in [6.07, 6.45) is 1.69. The predicted molar refractivity (Wildman–Crippen MR) is 41.8 cm³/mol. The van der Waals surface area contributed by atoms with Gasteiger partial charge in [-0.05, 0) is 6.42 Å². The number of ether oxygens (including phenoxy) is 3. The fourth-order valence-electron chi connectivity index (χ4n) is 1.05. The first kappa shape index (κ1) is 9.64. The Morgan fingerprint density at radius 2 is 2.33 bits per heavy atom. The predicted octanol–water partition coefficient (Wildman–Crippen LogP) is 0.212. The van der Waals surface area contributed by atoms with E-state index < -0.39 is 0 Å². The van der Waals surface area contributed by atoms with Crippen LogP contribution in [0.15, 0.2) is 0 Å². The summed E-state index contributed by atoms with van der Waals surface area (Å²) in [6, 6.07) is 0. The molecule has 1 rings (SSSR count). The van der Waals surface area contributed by atoms with E-state index in [-0.39, 0.29) is 12.2 Å². The zero-order valence-corrected chi connectivity index (χ0v) is 7.25. The van der Waals surface area contributed by atoms with Crippen LogP contribution in [0.25, 0.3) is 0 Å². The Balaban J connectivity index is 2.08. The van der Waals surface area contributed by atoms with E-state index in [1.165, 1.54) is 0 Å². The molecule has 1 fully saturated rings.